The summed E-state index contributed by atoms with van der Waals surface area (Å²) < 4.78 is 2.27. The number of nitrogens with zero attached hydrogens (tertiary/aromatic N) is 2. The van der Waals surface area contributed by atoms with Crippen molar-refractivity contribution in [3.05, 3.63) is 94.8 Å². The molecular weight excluding hydrogens is 344 g/mol. The molecule has 1 unspecified atom stereocenters. The Balaban J connectivity index is 1.73. The van der Waals surface area contributed by atoms with Crippen LogP contribution in [0.3, 0.4) is 0 Å². The molecule has 1 aliphatic heterocycles. The van der Waals surface area contributed by atoms with E-state index in [2.05, 4.69) is 87.0 Å². The maximum atomic E-state index is 13.5. The number of hydrogen-bond donors (Lipinski definition) is 0. The van der Waals surface area contributed by atoms with Gasteiger partial charge >= 0.3 is 0 Å². The molecule has 1 aliphatic rings. The van der Waals surface area contributed by atoms with Crippen molar-refractivity contribution < 1.29 is 4.79 Å². The van der Waals surface area contributed by atoms with Gasteiger partial charge in [-0.3, -0.25) is 4.79 Å². The van der Waals surface area contributed by atoms with E-state index in [0.29, 0.717) is 6.54 Å². The van der Waals surface area contributed by atoms with Crippen molar-refractivity contribution >= 4 is 5.91 Å². The average Bonchev–Trinajstić information content (AvgIpc) is 3.15. The van der Waals surface area contributed by atoms with E-state index in [-0.39, 0.29) is 17.4 Å². The molecule has 2 heterocycles. The van der Waals surface area contributed by atoms with E-state index in [4.69, 9.17) is 0 Å². The number of fused-ring (bicyclic) bond motifs is 1. The molecule has 0 aliphatic carbocycles. The minimum atomic E-state index is -0.0558. The van der Waals surface area contributed by atoms with Crippen LogP contribution in [0.15, 0.2) is 66.9 Å². The van der Waals surface area contributed by atoms with Crippen LogP contribution in [0, 0.1) is 6.92 Å². The van der Waals surface area contributed by atoms with Crippen LogP contribution in [0.25, 0.3) is 0 Å². The van der Waals surface area contributed by atoms with Gasteiger partial charge in [-0.15, -0.1) is 0 Å². The van der Waals surface area contributed by atoms with E-state index in [1.165, 1.54) is 22.4 Å². The fourth-order valence-electron chi connectivity index (χ4n) is 4.10. The summed E-state index contributed by atoms with van der Waals surface area (Å²) in [6, 6.07) is 20.7. The second-order valence-corrected chi connectivity index (χ2v) is 8.71. The number of carbonyl (C=O) groups is 1. The summed E-state index contributed by atoms with van der Waals surface area (Å²) >= 11 is 0. The number of rotatable bonds is 2. The first kappa shape index (κ1) is 18.5. The standard InChI is InChI=1S/C25H28N2O/c1-18-8-5-6-9-21(18)23-22-10-7-15-26(22)16-17-27(23)24(28)19-11-13-20(14-12-19)25(2,3)4/h5-15,23H,16-17H2,1-4H3. The number of benzene rings is 2. The van der Waals surface area contributed by atoms with Gasteiger partial charge in [-0.25, -0.2) is 0 Å². The monoisotopic (exact) mass is 372 g/mol. The van der Waals surface area contributed by atoms with E-state index in [0.717, 1.165) is 12.1 Å². The highest BCUT2D eigenvalue weighted by atomic mass is 16.2. The molecule has 0 saturated carbocycles. The number of amides is 1. The summed E-state index contributed by atoms with van der Waals surface area (Å²) in [5, 5.41) is 0. The quantitative estimate of drug-likeness (QED) is 0.596. The van der Waals surface area contributed by atoms with Gasteiger partial charge in [0, 0.05) is 30.5 Å². The second kappa shape index (κ2) is 6.97. The molecule has 0 saturated heterocycles. The minimum Gasteiger partial charge on any atom is -0.348 e. The van der Waals surface area contributed by atoms with Crippen molar-refractivity contribution in [3.63, 3.8) is 0 Å². The first-order chi connectivity index (χ1) is 13.4. The van der Waals surface area contributed by atoms with Gasteiger partial charge in [0.2, 0.25) is 0 Å². The lowest BCUT2D eigenvalue weighted by atomic mass is 9.86. The van der Waals surface area contributed by atoms with E-state index in [1.807, 2.05) is 17.0 Å². The van der Waals surface area contributed by atoms with E-state index in [9.17, 15) is 4.79 Å². The number of carbonyl (C=O) groups excluding carboxylic acids is 1. The largest absolute Gasteiger partial charge is 0.348 e. The lowest BCUT2D eigenvalue weighted by Crippen LogP contribution is -2.42. The molecule has 2 aromatic carbocycles. The molecule has 0 radical (unpaired) electrons. The molecule has 0 bridgehead atoms. The van der Waals surface area contributed by atoms with Crippen molar-refractivity contribution in [3.8, 4) is 0 Å². The molecule has 0 fully saturated rings. The fourth-order valence-corrected chi connectivity index (χ4v) is 4.10. The Morgan fingerprint density at radius 2 is 1.64 bits per heavy atom. The van der Waals surface area contributed by atoms with Crippen LogP contribution in [-0.4, -0.2) is 21.9 Å². The SMILES string of the molecule is Cc1ccccc1C1c2cccn2CCN1C(=O)c1ccc(C(C)(C)C)cc1. The Hall–Kier alpha value is -2.81. The molecule has 144 valence electrons. The maximum absolute atomic E-state index is 13.5. The first-order valence-corrected chi connectivity index (χ1v) is 9.98. The van der Waals surface area contributed by atoms with Crippen LogP contribution in [0.1, 0.15) is 59.6 Å². The van der Waals surface area contributed by atoms with Gasteiger partial charge in [0.25, 0.3) is 5.91 Å². The predicted octanol–water partition coefficient (Wildman–Crippen LogP) is 5.34. The van der Waals surface area contributed by atoms with E-state index < -0.39 is 0 Å². The van der Waals surface area contributed by atoms with Crippen molar-refractivity contribution in [2.45, 2.75) is 45.7 Å². The molecule has 4 rings (SSSR count). The molecule has 1 amide bonds. The van der Waals surface area contributed by atoms with Crippen LogP contribution in [0.5, 0.6) is 0 Å². The smallest absolute Gasteiger partial charge is 0.254 e. The Bertz CT molecular complexity index is 992. The summed E-state index contributed by atoms with van der Waals surface area (Å²) in [5.74, 6) is 0.0983. The Kier molecular flexibility index (Phi) is 4.62. The summed E-state index contributed by atoms with van der Waals surface area (Å²) in [7, 11) is 0. The number of aryl methyl sites for hydroxylation is 1. The van der Waals surface area contributed by atoms with Gasteiger partial charge in [0.15, 0.2) is 0 Å². The Morgan fingerprint density at radius 1 is 0.929 bits per heavy atom. The molecule has 1 aromatic heterocycles. The highest BCUT2D eigenvalue weighted by Crippen LogP contribution is 2.35. The minimum absolute atomic E-state index is 0.0558. The van der Waals surface area contributed by atoms with Gasteiger partial charge in [0.1, 0.15) is 0 Å². The third-order valence-corrected chi connectivity index (χ3v) is 5.78. The summed E-state index contributed by atoms with van der Waals surface area (Å²) in [4.78, 5) is 15.5. The highest BCUT2D eigenvalue weighted by molar-refractivity contribution is 5.95. The molecule has 3 heteroatoms. The number of hydrogen-bond acceptors (Lipinski definition) is 1. The van der Waals surface area contributed by atoms with Crippen molar-refractivity contribution in [1.29, 1.82) is 0 Å². The first-order valence-electron chi connectivity index (χ1n) is 9.98. The normalized spacial score (nSPS) is 16.7. The Morgan fingerprint density at radius 3 is 2.32 bits per heavy atom. The average molecular weight is 373 g/mol. The van der Waals surface area contributed by atoms with Crippen LogP contribution in [0.2, 0.25) is 0 Å². The van der Waals surface area contributed by atoms with Crippen LogP contribution >= 0.6 is 0 Å². The molecular formula is C25H28N2O. The Labute approximate surface area is 167 Å². The summed E-state index contributed by atoms with van der Waals surface area (Å²) in [5.41, 5.74) is 5.67. The summed E-state index contributed by atoms with van der Waals surface area (Å²) in [6.07, 6.45) is 2.11. The van der Waals surface area contributed by atoms with Gasteiger partial charge in [0.05, 0.1) is 6.04 Å². The van der Waals surface area contributed by atoms with Crippen molar-refractivity contribution in [2.75, 3.05) is 6.54 Å². The molecule has 3 nitrogen and oxygen atoms in total. The van der Waals surface area contributed by atoms with Gasteiger partial charge in [-0.2, -0.15) is 0 Å². The third kappa shape index (κ3) is 3.26. The third-order valence-electron chi connectivity index (χ3n) is 5.78. The molecule has 0 N–H and O–H groups in total. The van der Waals surface area contributed by atoms with Gasteiger partial charge < -0.3 is 9.47 Å². The van der Waals surface area contributed by atoms with E-state index >= 15 is 0 Å². The zero-order valence-electron chi connectivity index (χ0n) is 17.1. The lowest BCUT2D eigenvalue weighted by Gasteiger charge is -2.38. The highest BCUT2D eigenvalue weighted by Gasteiger charge is 2.33. The molecule has 1 atom stereocenters. The van der Waals surface area contributed by atoms with Crippen LogP contribution in [-0.2, 0) is 12.0 Å². The van der Waals surface area contributed by atoms with Crippen molar-refractivity contribution in [1.82, 2.24) is 9.47 Å². The zero-order chi connectivity index (χ0) is 19.9. The number of aromatic nitrogens is 1. The molecule has 3 aromatic rings. The van der Waals surface area contributed by atoms with Gasteiger partial charge in [-0.1, -0.05) is 57.2 Å². The fraction of sp³-hybridized carbons (Fsp3) is 0.320. The zero-order valence-corrected chi connectivity index (χ0v) is 17.1. The van der Waals surface area contributed by atoms with Gasteiger partial charge in [-0.05, 0) is 53.3 Å². The maximum Gasteiger partial charge on any atom is 0.254 e. The molecule has 0 spiro atoms. The topological polar surface area (TPSA) is 25.2 Å². The van der Waals surface area contributed by atoms with Crippen LogP contribution < -0.4 is 0 Å². The lowest BCUT2D eigenvalue weighted by molar-refractivity contribution is 0.0663. The molecule has 28 heavy (non-hydrogen) atoms. The predicted molar refractivity (Wildman–Crippen MR) is 114 cm³/mol. The van der Waals surface area contributed by atoms with E-state index in [1.54, 1.807) is 0 Å². The second-order valence-electron chi connectivity index (χ2n) is 8.71. The van der Waals surface area contributed by atoms with Crippen molar-refractivity contribution in [2.24, 2.45) is 0 Å². The summed E-state index contributed by atoms with van der Waals surface area (Å²) in [6.45, 7) is 10.2. The van der Waals surface area contributed by atoms with Crippen LogP contribution in [0.4, 0.5) is 0 Å².